The predicted molar refractivity (Wildman–Crippen MR) is 97.0 cm³/mol. The Labute approximate surface area is 139 Å². The molecule has 0 atom stereocenters. The molecule has 0 aromatic heterocycles. The molecule has 0 saturated heterocycles. The highest BCUT2D eigenvalue weighted by molar-refractivity contribution is 14.0. The quantitative estimate of drug-likeness (QED) is 0.447. The van der Waals surface area contributed by atoms with Gasteiger partial charge in [0, 0.05) is 19.6 Å². The van der Waals surface area contributed by atoms with Crippen molar-refractivity contribution in [2.24, 2.45) is 10.9 Å². The Morgan fingerprint density at radius 2 is 2.10 bits per heavy atom. The number of benzene rings is 1. The molecule has 112 valence electrons. The van der Waals surface area contributed by atoms with E-state index in [0.29, 0.717) is 0 Å². The maximum Gasteiger partial charge on any atom is 0.191 e. The van der Waals surface area contributed by atoms with Gasteiger partial charge in [-0.3, -0.25) is 4.99 Å². The van der Waals surface area contributed by atoms with Gasteiger partial charge in [0.15, 0.2) is 5.96 Å². The summed E-state index contributed by atoms with van der Waals surface area (Å²) in [6.07, 6.45) is 3.74. The van der Waals surface area contributed by atoms with Crippen LogP contribution in [0.1, 0.15) is 30.9 Å². The molecule has 1 aromatic rings. The van der Waals surface area contributed by atoms with Crippen molar-refractivity contribution >= 4 is 29.9 Å². The van der Waals surface area contributed by atoms with Crippen molar-refractivity contribution < 1.29 is 0 Å². The van der Waals surface area contributed by atoms with Crippen LogP contribution in [-0.2, 0) is 6.42 Å². The fraction of sp³-hybridized carbons (Fsp3) is 0.562. The van der Waals surface area contributed by atoms with Gasteiger partial charge in [-0.2, -0.15) is 0 Å². The first-order valence-electron chi connectivity index (χ1n) is 7.35. The van der Waals surface area contributed by atoms with Crippen molar-refractivity contribution in [1.82, 2.24) is 10.6 Å². The maximum absolute atomic E-state index is 4.62. The summed E-state index contributed by atoms with van der Waals surface area (Å²) in [6, 6.07) is 8.69. The third-order valence-electron chi connectivity index (χ3n) is 3.34. The molecule has 1 saturated carbocycles. The van der Waals surface area contributed by atoms with Gasteiger partial charge in [-0.15, -0.1) is 24.0 Å². The van der Waals surface area contributed by atoms with Crippen molar-refractivity contribution in [2.45, 2.75) is 33.1 Å². The lowest BCUT2D eigenvalue weighted by molar-refractivity contribution is 0.776. The van der Waals surface area contributed by atoms with Crippen LogP contribution in [-0.4, -0.2) is 25.6 Å². The van der Waals surface area contributed by atoms with Crippen LogP contribution in [0.3, 0.4) is 0 Å². The Balaban J connectivity index is 0.00000200. The largest absolute Gasteiger partial charge is 0.357 e. The molecular weight excluding hydrogens is 361 g/mol. The molecule has 1 fully saturated rings. The van der Waals surface area contributed by atoms with Crippen LogP contribution in [0.15, 0.2) is 29.3 Å². The molecule has 2 rings (SSSR count). The summed E-state index contributed by atoms with van der Waals surface area (Å²) in [7, 11) is 0. The molecule has 0 aliphatic heterocycles. The zero-order chi connectivity index (χ0) is 13.5. The van der Waals surface area contributed by atoms with E-state index in [1.165, 1.54) is 24.0 Å². The van der Waals surface area contributed by atoms with Gasteiger partial charge >= 0.3 is 0 Å². The summed E-state index contributed by atoms with van der Waals surface area (Å²) < 4.78 is 0. The lowest BCUT2D eigenvalue weighted by atomic mass is 10.1. The number of hydrogen-bond donors (Lipinski definition) is 2. The molecule has 4 heteroatoms. The topological polar surface area (TPSA) is 36.4 Å². The fourth-order valence-corrected chi connectivity index (χ4v) is 2.06. The van der Waals surface area contributed by atoms with Gasteiger partial charge in [0.25, 0.3) is 0 Å². The number of aliphatic imine (C=N–C) groups is 1. The molecule has 0 unspecified atom stereocenters. The van der Waals surface area contributed by atoms with Gasteiger partial charge in [0.2, 0.25) is 0 Å². The van der Waals surface area contributed by atoms with E-state index >= 15 is 0 Å². The molecule has 1 aliphatic carbocycles. The average Bonchev–Trinajstić information content (AvgIpc) is 3.20. The highest BCUT2D eigenvalue weighted by atomic mass is 127. The molecule has 1 aromatic carbocycles. The van der Waals surface area contributed by atoms with Crippen LogP contribution in [0.5, 0.6) is 0 Å². The van der Waals surface area contributed by atoms with E-state index in [2.05, 4.69) is 53.7 Å². The number of halogens is 1. The first kappa shape index (κ1) is 17.3. The third-order valence-corrected chi connectivity index (χ3v) is 3.34. The minimum absolute atomic E-state index is 0. The van der Waals surface area contributed by atoms with Crippen molar-refractivity contribution in [3.8, 4) is 0 Å². The normalized spacial score (nSPS) is 14.6. The number of rotatable bonds is 6. The molecule has 0 heterocycles. The minimum atomic E-state index is 0. The zero-order valence-electron chi connectivity index (χ0n) is 12.5. The van der Waals surface area contributed by atoms with E-state index in [1.54, 1.807) is 0 Å². The van der Waals surface area contributed by atoms with Crippen LogP contribution in [0.25, 0.3) is 0 Å². The molecule has 20 heavy (non-hydrogen) atoms. The van der Waals surface area contributed by atoms with Crippen molar-refractivity contribution in [3.05, 3.63) is 35.4 Å². The van der Waals surface area contributed by atoms with Gasteiger partial charge in [0.05, 0.1) is 0 Å². The van der Waals surface area contributed by atoms with Gasteiger partial charge < -0.3 is 10.6 Å². The summed E-state index contributed by atoms with van der Waals surface area (Å²) in [5.74, 6) is 1.80. The second kappa shape index (κ2) is 9.21. The number of aryl methyl sites for hydroxylation is 1. The van der Waals surface area contributed by atoms with E-state index < -0.39 is 0 Å². The van der Waals surface area contributed by atoms with Crippen molar-refractivity contribution in [3.63, 3.8) is 0 Å². The fourth-order valence-electron chi connectivity index (χ4n) is 2.06. The Morgan fingerprint density at radius 1 is 1.30 bits per heavy atom. The summed E-state index contributed by atoms with van der Waals surface area (Å²) in [5.41, 5.74) is 2.71. The highest BCUT2D eigenvalue weighted by Crippen LogP contribution is 2.28. The molecule has 0 spiro atoms. The standard InChI is InChI=1S/C16H25N3.HI/c1-3-17-16(19-12-15-7-8-15)18-10-9-14-6-4-5-13(2)11-14;/h4-6,11,15H,3,7-10,12H2,1-2H3,(H2,17,18,19);1H. The van der Waals surface area contributed by atoms with E-state index in [9.17, 15) is 0 Å². The van der Waals surface area contributed by atoms with Gasteiger partial charge in [0.1, 0.15) is 0 Å². The Hall–Kier alpha value is -0.780. The Morgan fingerprint density at radius 3 is 2.75 bits per heavy atom. The minimum Gasteiger partial charge on any atom is -0.357 e. The lowest BCUT2D eigenvalue weighted by Crippen LogP contribution is -2.38. The van der Waals surface area contributed by atoms with Crippen LogP contribution in [0.2, 0.25) is 0 Å². The van der Waals surface area contributed by atoms with E-state index in [0.717, 1.165) is 37.9 Å². The van der Waals surface area contributed by atoms with Gasteiger partial charge in [-0.25, -0.2) is 0 Å². The molecule has 0 amide bonds. The van der Waals surface area contributed by atoms with E-state index in [4.69, 9.17) is 0 Å². The summed E-state index contributed by atoms with van der Waals surface area (Å²) in [4.78, 5) is 4.62. The van der Waals surface area contributed by atoms with Crippen LogP contribution < -0.4 is 10.6 Å². The second-order valence-electron chi connectivity index (χ2n) is 5.33. The van der Waals surface area contributed by atoms with Crippen LogP contribution in [0.4, 0.5) is 0 Å². The number of nitrogens with zero attached hydrogens (tertiary/aromatic N) is 1. The van der Waals surface area contributed by atoms with Crippen LogP contribution in [0, 0.1) is 12.8 Å². The summed E-state index contributed by atoms with van der Waals surface area (Å²) >= 11 is 0. The summed E-state index contributed by atoms with van der Waals surface area (Å²) in [6.45, 7) is 7.06. The Bertz CT molecular complexity index is 427. The maximum atomic E-state index is 4.62. The molecule has 1 aliphatic rings. The molecule has 0 bridgehead atoms. The SMILES string of the molecule is CCNC(=NCC1CC1)NCCc1cccc(C)c1.I. The number of guanidine groups is 1. The van der Waals surface area contributed by atoms with Crippen molar-refractivity contribution in [2.75, 3.05) is 19.6 Å². The first-order chi connectivity index (χ1) is 9.28. The molecule has 3 nitrogen and oxygen atoms in total. The third kappa shape index (κ3) is 6.59. The first-order valence-corrected chi connectivity index (χ1v) is 7.35. The van der Waals surface area contributed by atoms with E-state index in [-0.39, 0.29) is 24.0 Å². The predicted octanol–water partition coefficient (Wildman–Crippen LogP) is 3.12. The molecule has 0 radical (unpaired) electrons. The summed E-state index contributed by atoms with van der Waals surface area (Å²) in [5, 5.41) is 6.71. The van der Waals surface area contributed by atoms with Gasteiger partial charge in [-0.05, 0) is 44.6 Å². The average molecular weight is 387 g/mol. The Kier molecular flexibility index (Phi) is 7.95. The number of hydrogen-bond acceptors (Lipinski definition) is 1. The smallest absolute Gasteiger partial charge is 0.191 e. The lowest BCUT2D eigenvalue weighted by Gasteiger charge is -2.11. The van der Waals surface area contributed by atoms with Gasteiger partial charge in [-0.1, -0.05) is 29.8 Å². The van der Waals surface area contributed by atoms with E-state index in [1.807, 2.05) is 0 Å². The van der Waals surface area contributed by atoms with Crippen molar-refractivity contribution in [1.29, 1.82) is 0 Å². The highest BCUT2D eigenvalue weighted by Gasteiger charge is 2.20. The molecular formula is C16H26IN3. The monoisotopic (exact) mass is 387 g/mol. The zero-order valence-corrected chi connectivity index (χ0v) is 14.8. The van der Waals surface area contributed by atoms with Crippen LogP contribution >= 0.6 is 24.0 Å². The number of nitrogens with one attached hydrogen (secondary N) is 2. The second-order valence-corrected chi connectivity index (χ2v) is 5.33. The molecule has 2 N–H and O–H groups in total.